The molecule has 1 N–H and O–H groups in total. The quantitative estimate of drug-likeness (QED) is 0.533. The molecule has 2 aromatic rings. The Morgan fingerprint density at radius 3 is 2.60 bits per heavy atom. The van der Waals surface area contributed by atoms with Gasteiger partial charge in [-0.25, -0.2) is 4.39 Å². The van der Waals surface area contributed by atoms with Gasteiger partial charge in [0.05, 0.1) is 11.9 Å². The van der Waals surface area contributed by atoms with Crippen LogP contribution in [-0.2, 0) is 9.53 Å². The topological polar surface area (TPSA) is 47.6 Å². The number of hydrogen-bond donors (Lipinski definition) is 1. The van der Waals surface area contributed by atoms with Crippen LogP contribution in [0.3, 0.4) is 0 Å². The molecule has 7 heteroatoms. The average Bonchev–Trinajstić information content (AvgIpc) is 2.59. The Morgan fingerprint density at radius 2 is 1.96 bits per heavy atom. The van der Waals surface area contributed by atoms with Crippen molar-refractivity contribution in [3.05, 3.63) is 53.3 Å². The molecule has 0 radical (unpaired) electrons. The maximum Gasteiger partial charge on any atom is 0.237 e. The molecular weight excluding hydrogens is 365 g/mol. The number of rotatable bonds is 8. The number of carbonyl (C=O) groups is 1. The molecule has 0 spiro atoms. The van der Waals surface area contributed by atoms with Crippen molar-refractivity contribution in [1.82, 2.24) is 0 Å². The Kier molecular flexibility index (Phi) is 7.55. The van der Waals surface area contributed by atoms with Crippen molar-refractivity contribution >= 4 is 35.0 Å². The summed E-state index contributed by atoms with van der Waals surface area (Å²) in [6, 6.07) is 11.6. The van der Waals surface area contributed by atoms with Gasteiger partial charge in [-0.15, -0.1) is 11.8 Å². The summed E-state index contributed by atoms with van der Waals surface area (Å²) in [5.74, 6) is -0.627. The zero-order chi connectivity index (χ0) is 18.2. The van der Waals surface area contributed by atoms with E-state index in [9.17, 15) is 9.18 Å². The van der Waals surface area contributed by atoms with Gasteiger partial charge in [-0.2, -0.15) is 0 Å². The molecule has 0 fully saturated rings. The molecule has 0 heterocycles. The van der Waals surface area contributed by atoms with Crippen molar-refractivity contribution in [2.24, 2.45) is 0 Å². The lowest BCUT2D eigenvalue weighted by molar-refractivity contribution is -0.115. The first-order valence-electron chi connectivity index (χ1n) is 7.64. The second kappa shape index (κ2) is 9.65. The lowest BCUT2D eigenvalue weighted by Crippen LogP contribution is -2.22. The van der Waals surface area contributed by atoms with Crippen LogP contribution in [0.5, 0.6) is 5.75 Å². The SMILES string of the molecule is COCCOc1ccc(NC(=O)C(C)Sc2ccc(Cl)cc2)cc1F. The highest BCUT2D eigenvalue weighted by Gasteiger charge is 2.15. The average molecular weight is 384 g/mol. The van der Waals surface area contributed by atoms with Crippen LogP contribution in [-0.4, -0.2) is 31.5 Å². The van der Waals surface area contributed by atoms with Crippen molar-refractivity contribution in [2.75, 3.05) is 25.6 Å². The first-order chi connectivity index (χ1) is 12.0. The Hall–Kier alpha value is -1.76. The number of hydrogen-bond acceptors (Lipinski definition) is 4. The highest BCUT2D eigenvalue weighted by atomic mass is 35.5. The molecule has 1 unspecified atom stereocenters. The summed E-state index contributed by atoms with van der Waals surface area (Å²) in [5.41, 5.74) is 0.380. The smallest absolute Gasteiger partial charge is 0.237 e. The van der Waals surface area contributed by atoms with Crippen molar-refractivity contribution in [1.29, 1.82) is 0 Å². The third-order valence-corrected chi connectivity index (χ3v) is 4.60. The molecule has 0 aromatic heterocycles. The van der Waals surface area contributed by atoms with Gasteiger partial charge in [0.15, 0.2) is 11.6 Å². The normalized spacial score (nSPS) is 11.8. The van der Waals surface area contributed by atoms with E-state index in [0.29, 0.717) is 17.3 Å². The largest absolute Gasteiger partial charge is 0.488 e. The highest BCUT2D eigenvalue weighted by Crippen LogP contribution is 2.26. The van der Waals surface area contributed by atoms with Crippen LogP contribution < -0.4 is 10.1 Å². The van der Waals surface area contributed by atoms with E-state index in [2.05, 4.69) is 5.32 Å². The zero-order valence-corrected chi connectivity index (χ0v) is 15.5. The second-order valence-corrected chi connectivity index (χ2v) is 7.04. The Morgan fingerprint density at radius 1 is 1.24 bits per heavy atom. The van der Waals surface area contributed by atoms with Crippen molar-refractivity contribution < 1.29 is 18.7 Å². The van der Waals surface area contributed by atoms with Gasteiger partial charge < -0.3 is 14.8 Å². The van der Waals surface area contributed by atoms with Crippen molar-refractivity contribution in [2.45, 2.75) is 17.1 Å². The molecule has 2 aromatic carbocycles. The predicted molar refractivity (Wildman–Crippen MR) is 99.2 cm³/mol. The van der Waals surface area contributed by atoms with E-state index in [1.807, 2.05) is 12.1 Å². The minimum absolute atomic E-state index is 0.124. The molecule has 2 rings (SSSR count). The molecule has 4 nitrogen and oxygen atoms in total. The Labute approximate surface area is 155 Å². The van der Waals surface area contributed by atoms with Gasteiger partial charge in [0.1, 0.15) is 6.61 Å². The van der Waals surface area contributed by atoms with E-state index in [0.717, 1.165) is 4.90 Å². The Bertz CT molecular complexity index is 712. The summed E-state index contributed by atoms with van der Waals surface area (Å²) in [7, 11) is 1.54. The van der Waals surface area contributed by atoms with Crippen molar-refractivity contribution in [3.63, 3.8) is 0 Å². The van der Waals surface area contributed by atoms with Crippen LogP contribution in [0.2, 0.25) is 5.02 Å². The first-order valence-corrected chi connectivity index (χ1v) is 8.89. The third-order valence-electron chi connectivity index (χ3n) is 3.24. The fourth-order valence-electron chi connectivity index (χ4n) is 1.95. The predicted octanol–water partition coefficient (Wildman–Crippen LogP) is 4.62. The number of carbonyl (C=O) groups excluding carboxylic acids is 1. The molecule has 0 aliphatic carbocycles. The lowest BCUT2D eigenvalue weighted by atomic mass is 10.2. The summed E-state index contributed by atoms with van der Waals surface area (Å²) in [5, 5.41) is 3.00. The fourth-order valence-corrected chi connectivity index (χ4v) is 2.94. The molecule has 0 saturated heterocycles. The molecule has 0 aliphatic heterocycles. The van der Waals surface area contributed by atoms with Gasteiger partial charge in [-0.1, -0.05) is 11.6 Å². The number of amides is 1. The number of anilines is 1. The standard InChI is InChI=1S/C18H19ClFNO3S/c1-12(25-15-6-3-13(19)4-7-15)18(22)21-14-5-8-17(16(20)11-14)24-10-9-23-2/h3-8,11-12H,9-10H2,1-2H3,(H,21,22). The third kappa shape index (κ3) is 6.23. The van der Waals surface area contributed by atoms with E-state index in [4.69, 9.17) is 21.1 Å². The molecular formula is C18H19ClFNO3S. The van der Waals surface area contributed by atoms with E-state index in [1.165, 1.54) is 23.9 Å². The van der Waals surface area contributed by atoms with Gasteiger partial charge >= 0.3 is 0 Å². The molecule has 1 atom stereocenters. The van der Waals surface area contributed by atoms with Gasteiger partial charge in [-0.3, -0.25) is 4.79 Å². The highest BCUT2D eigenvalue weighted by molar-refractivity contribution is 8.00. The Balaban J connectivity index is 1.92. The molecule has 0 saturated carbocycles. The summed E-state index contributed by atoms with van der Waals surface area (Å²) in [6.07, 6.45) is 0. The number of ether oxygens (including phenoxy) is 2. The lowest BCUT2D eigenvalue weighted by Gasteiger charge is -2.13. The summed E-state index contributed by atoms with van der Waals surface area (Å²) < 4.78 is 24.1. The summed E-state index contributed by atoms with van der Waals surface area (Å²) in [4.78, 5) is 13.2. The number of nitrogens with one attached hydrogen (secondary N) is 1. The molecule has 0 aliphatic rings. The molecule has 25 heavy (non-hydrogen) atoms. The van der Waals surface area contributed by atoms with Crippen LogP contribution in [0.4, 0.5) is 10.1 Å². The van der Waals surface area contributed by atoms with Crippen LogP contribution >= 0.6 is 23.4 Å². The van der Waals surface area contributed by atoms with Gasteiger partial charge in [0.25, 0.3) is 0 Å². The van der Waals surface area contributed by atoms with Crippen molar-refractivity contribution in [3.8, 4) is 5.75 Å². The number of benzene rings is 2. The van der Waals surface area contributed by atoms with E-state index in [1.54, 1.807) is 32.2 Å². The van der Waals surface area contributed by atoms with Gasteiger partial charge in [0.2, 0.25) is 5.91 Å². The fraction of sp³-hybridized carbons (Fsp3) is 0.278. The molecule has 0 bridgehead atoms. The van der Waals surface area contributed by atoms with Crippen LogP contribution in [0.25, 0.3) is 0 Å². The zero-order valence-electron chi connectivity index (χ0n) is 13.9. The number of methoxy groups -OCH3 is 1. The molecule has 1 amide bonds. The maximum atomic E-state index is 14.0. The minimum atomic E-state index is -0.535. The molecule has 134 valence electrons. The first kappa shape index (κ1) is 19.6. The monoisotopic (exact) mass is 383 g/mol. The van der Waals surface area contributed by atoms with E-state index < -0.39 is 5.82 Å². The summed E-state index contributed by atoms with van der Waals surface area (Å²) >= 11 is 7.24. The second-order valence-electron chi connectivity index (χ2n) is 5.19. The summed E-state index contributed by atoms with van der Waals surface area (Å²) in [6.45, 7) is 2.42. The van der Waals surface area contributed by atoms with Crippen LogP contribution in [0.15, 0.2) is 47.4 Å². The van der Waals surface area contributed by atoms with Crippen LogP contribution in [0, 0.1) is 5.82 Å². The van der Waals surface area contributed by atoms with Crippen LogP contribution in [0.1, 0.15) is 6.92 Å². The van der Waals surface area contributed by atoms with E-state index in [-0.39, 0.29) is 23.5 Å². The number of thioether (sulfide) groups is 1. The maximum absolute atomic E-state index is 14.0. The van der Waals surface area contributed by atoms with Gasteiger partial charge in [0, 0.05) is 28.8 Å². The van der Waals surface area contributed by atoms with E-state index >= 15 is 0 Å². The van der Waals surface area contributed by atoms with Gasteiger partial charge in [-0.05, 0) is 43.3 Å². The number of halogens is 2. The minimum Gasteiger partial charge on any atom is -0.488 e.